The van der Waals surface area contributed by atoms with Crippen LogP contribution in [0.5, 0.6) is 0 Å². The lowest BCUT2D eigenvalue weighted by atomic mass is 10.2. The quantitative estimate of drug-likeness (QED) is 0.845. The second kappa shape index (κ2) is 5.87. The lowest BCUT2D eigenvalue weighted by molar-refractivity contribution is 0.509. The summed E-state index contributed by atoms with van der Waals surface area (Å²) in [6.45, 7) is 0.795. The molecule has 3 rings (SSSR count). The van der Waals surface area contributed by atoms with Gasteiger partial charge in [0.15, 0.2) is 4.77 Å². The van der Waals surface area contributed by atoms with Crippen molar-refractivity contribution in [1.82, 2.24) is 14.8 Å². The maximum absolute atomic E-state index is 5.99. The van der Waals surface area contributed by atoms with Crippen molar-refractivity contribution in [2.75, 3.05) is 11.9 Å². The molecule has 0 atom stereocenters. The zero-order chi connectivity index (χ0) is 14.1. The second-order valence-corrected chi connectivity index (χ2v) is 7.39. The van der Waals surface area contributed by atoms with Crippen molar-refractivity contribution < 1.29 is 0 Å². The van der Waals surface area contributed by atoms with Gasteiger partial charge >= 0.3 is 0 Å². The molecule has 7 heteroatoms. The van der Waals surface area contributed by atoms with Gasteiger partial charge in [0.2, 0.25) is 5.95 Å². The second-order valence-electron chi connectivity index (χ2n) is 5.20. The Kier molecular flexibility index (Phi) is 4.14. The highest BCUT2D eigenvalue weighted by atomic mass is 35.5. The number of thiophene rings is 1. The molecule has 2 aromatic heterocycles. The van der Waals surface area contributed by atoms with Crippen molar-refractivity contribution in [3.63, 3.8) is 0 Å². The molecule has 2 heterocycles. The molecule has 0 aromatic carbocycles. The minimum Gasteiger partial charge on any atom is -0.339 e. The van der Waals surface area contributed by atoms with Crippen LogP contribution in [0, 0.1) is 4.77 Å². The van der Waals surface area contributed by atoms with Crippen molar-refractivity contribution in [2.24, 2.45) is 0 Å². The largest absolute Gasteiger partial charge is 0.339 e. The number of aromatic nitrogens is 3. The van der Waals surface area contributed by atoms with Gasteiger partial charge in [-0.05, 0) is 37.2 Å². The van der Waals surface area contributed by atoms with Gasteiger partial charge in [-0.25, -0.2) is 5.10 Å². The van der Waals surface area contributed by atoms with Crippen LogP contribution >= 0.6 is 35.2 Å². The molecule has 0 spiro atoms. The van der Waals surface area contributed by atoms with E-state index >= 15 is 0 Å². The standard InChI is InChI=1S/C13H17ClN4S2/c1-17(8-10-6-7-11(14)20-10)12-15-16-13(19)18(12)9-4-2-3-5-9/h6-7,9H,2-5,8H2,1H3,(H,16,19). The van der Waals surface area contributed by atoms with Crippen LogP contribution < -0.4 is 4.90 Å². The normalized spacial score (nSPS) is 15.9. The average molecular weight is 329 g/mol. The first-order chi connectivity index (χ1) is 9.65. The van der Waals surface area contributed by atoms with Crippen LogP contribution in [0.3, 0.4) is 0 Å². The molecule has 1 N–H and O–H groups in total. The molecule has 0 saturated heterocycles. The molecule has 1 aliphatic carbocycles. The number of hydrogen-bond acceptors (Lipinski definition) is 4. The number of hydrogen-bond donors (Lipinski definition) is 1. The minimum absolute atomic E-state index is 0.491. The number of nitrogens with one attached hydrogen (secondary N) is 1. The molecule has 0 bridgehead atoms. The third kappa shape index (κ3) is 2.77. The molecule has 20 heavy (non-hydrogen) atoms. The summed E-state index contributed by atoms with van der Waals surface area (Å²) in [6, 6.07) is 4.49. The first-order valence-electron chi connectivity index (χ1n) is 6.77. The molecule has 1 fully saturated rings. The molecule has 4 nitrogen and oxygen atoms in total. The first kappa shape index (κ1) is 14.1. The Morgan fingerprint density at radius 2 is 2.25 bits per heavy atom. The van der Waals surface area contributed by atoms with E-state index in [4.69, 9.17) is 23.8 Å². The number of anilines is 1. The monoisotopic (exact) mass is 328 g/mol. The van der Waals surface area contributed by atoms with Crippen LogP contribution in [0.4, 0.5) is 5.95 Å². The van der Waals surface area contributed by atoms with Crippen LogP contribution in [0.1, 0.15) is 36.6 Å². The molecule has 0 amide bonds. The summed E-state index contributed by atoms with van der Waals surface area (Å²) in [5.41, 5.74) is 0. The lowest BCUT2D eigenvalue weighted by Crippen LogP contribution is -2.22. The molecule has 2 aromatic rings. The highest BCUT2D eigenvalue weighted by molar-refractivity contribution is 7.71. The van der Waals surface area contributed by atoms with Gasteiger partial charge in [0.1, 0.15) is 0 Å². The van der Waals surface area contributed by atoms with E-state index in [9.17, 15) is 0 Å². The molecule has 0 unspecified atom stereocenters. The molecule has 108 valence electrons. The van der Waals surface area contributed by atoms with Crippen LogP contribution in [0.25, 0.3) is 0 Å². The minimum atomic E-state index is 0.491. The van der Waals surface area contributed by atoms with Gasteiger partial charge in [0.25, 0.3) is 0 Å². The summed E-state index contributed by atoms with van der Waals surface area (Å²) < 4.78 is 3.73. The third-order valence-corrected chi connectivity index (χ3v) is 5.24. The van der Waals surface area contributed by atoms with E-state index in [1.165, 1.54) is 30.6 Å². The van der Waals surface area contributed by atoms with Crippen LogP contribution in [-0.2, 0) is 6.54 Å². The van der Waals surface area contributed by atoms with Crippen molar-refractivity contribution in [1.29, 1.82) is 0 Å². The predicted octanol–water partition coefficient (Wildman–Crippen LogP) is 4.41. The molecule has 0 aliphatic heterocycles. The zero-order valence-corrected chi connectivity index (χ0v) is 13.7. The van der Waals surface area contributed by atoms with Gasteiger partial charge in [-0.1, -0.05) is 24.4 Å². The van der Waals surface area contributed by atoms with Gasteiger partial charge in [0, 0.05) is 18.0 Å². The maximum atomic E-state index is 5.99. The van der Waals surface area contributed by atoms with Crippen molar-refractivity contribution >= 4 is 41.1 Å². The fraction of sp³-hybridized carbons (Fsp3) is 0.538. The van der Waals surface area contributed by atoms with Crippen molar-refractivity contribution in [3.05, 3.63) is 26.1 Å². The molecule has 1 aliphatic rings. The number of rotatable bonds is 4. The molecular weight excluding hydrogens is 312 g/mol. The Labute approximate surface area is 132 Å². The van der Waals surface area contributed by atoms with Crippen LogP contribution in [0.2, 0.25) is 4.34 Å². The van der Waals surface area contributed by atoms with E-state index in [1.807, 2.05) is 13.1 Å². The Morgan fingerprint density at radius 3 is 2.90 bits per heavy atom. The van der Waals surface area contributed by atoms with E-state index in [2.05, 4.69) is 25.7 Å². The van der Waals surface area contributed by atoms with E-state index in [-0.39, 0.29) is 0 Å². The van der Waals surface area contributed by atoms with Gasteiger partial charge in [0.05, 0.1) is 10.9 Å². The number of H-pyrrole nitrogens is 1. The van der Waals surface area contributed by atoms with Crippen LogP contribution in [0.15, 0.2) is 12.1 Å². The Balaban J connectivity index is 1.84. The number of nitrogens with zero attached hydrogens (tertiary/aromatic N) is 3. The Bertz CT molecular complexity index is 639. The van der Waals surface area contributed by atoms with E-state index in [0.717, 1.165) is 21.6 Å². The maximum Gasteiger partial charge on any atom is 0.226 e. The predicted molar refractivity (Wildman–Crippen MR) is 86.4 cm³/mol. The van der Waals surface area contributed by atoms with Gasteiger partial charge in [-0.15, -0.1) is 16.4 Å². The lowest BCUT2D eigenvalue weighted by Gasteiger charge is -2.21. The summed E-state index contributed by atoms with van der Waals surface area (Å²) in [4.78, 5) is 3.36. The van der Waals surface area contributed by atoms with Crippen LogP contribution in [-0.4, -0.2) is 21.8 Å². The van der Waals surface area contributed by atoms with Crippen molar-refractivity contribution in [2.45, 2.75) is 38.3 Å². The summed E-state index contributed by atoms with van der Waals surface area (Å²) in [5.74, 6) is 0.923. The summed E-state index contributed by atoms with van der Waals surface area (Å²) >= 11 is 13.0. The topological polar surface area (TPSA) is 36.9 Å². The van der Waals surface area contributed by atoms with Crippen molar-refractivity contribution in [3.8, 4) is 0 Å². The number of aromatic amines is 1. The third-order valence-electron chi connectivity index (χ3n) is 3.74. The Hall–Kier alpha value is -0.850. The Morgan fingerprint density at radius 1 is 1.50 bits per heavy atom. The van der Waals surface area contributed by atoms with Gasteiger partial charge < -0.3 is 4.90 Å². The highest BCUT2D eigenvalue weighted by Crippen LogP contribution is 2.33. The smallest absolute Gasteiger partial charge is 0.226 e. The summed E-state index contributed by atoms with van der Waals surface area (Å²) in [5, 5.41) is 7.34. The zero-order valence-electron chi connectivity index (χ0n) is 11.3. The summed E-state index contributed by atoms with van der Waals surface area (Å²) in [6.07, 6.45) is 4.95. The van der Waals surface area contributed by atoms with E-state index in [0.29, 0.717) is 6.04 Å². The van der Waals surface area contributed by atoms with Gasteiger partial charge in [-0.3, -0.25) is 4.57 Å². The number of halogens is 1. The SMILES string of the molecule is CN(Cc1ccc(Cl)s1)c1n[nH]c(=S)n1C1CCCC1. The molecule has 0 radical (unpaired) electrons. The fourth-order valence-electron chi connectivity index (χ4n) is 2.80. The van der Waals surface area contributed by atoms with E-state index in [1.54, 1.807) is 11.3 Å². The molecule has 1 saturated carbocycles. The average Bonchev–Trinajstić information content (AvgIpc) is 3.10. The molecular formula is C13H17ClN4S2. The summed E-state index contributed by atoms with van der Waals surface area (Å²) in [7, 11) is 2.05. The fourth-order valence-corrected chi connectivity index (χ4v) is 4.22. The van der Waals surface area contributed by atoms with Gasteiger partial charge in [-0.2, -0.15) is 0 Å². The van der Waals surface area contributed by atoms with E-state index < -0.39 is 0 Å². The first-order valence-corrected chi connectivity index (χ1v) is 8.37. The highest BCUT2D eigenvalue weighted by Gasteiger charge is 2.23.